The summed E-state index contributed by atoms with van der Waals surface area (Å²) in [5.41, 5.74) is 1.46. The number of benzene rings is 1. The third-order valence-corrected chi connectivity index (χ3v) is 7.81. The van der Waals surface area contributed by atoms with Crippen molar-refractivity contribution in [2.24, 2.45) is 4.40 Å². The standard InChI is InChI=1S/C19H15N3O3S3/c1-2-22-18(23)16(12-14-10-9-13-6-3-4-7-15(13)20-14)27-19(22)21-28(24,25)17-8-5-11-26-17/h3-12H,2H2,1H3/b16-12-,21-19-. The molecule has 3 heterocycles. The summed E-state index contributed by atoms with van der Waals surface area (Å²) in [6.45, 7) is 2.11. The molecule has 1 aliphatic heterocycles. The van der Waals surface area contributed by atoms with Gasteiger partial charge < -0.3 is 0 Å². The van der Waals surface area contributed by atoms with Crippen LogP contribution >= 0.6 is 23.1 Å². The fourth-order valence-corrected chi connectivity index (χ4v) is 5.91. The fourth-order valence-electron chi connectivity index (χ4n) is 2.71. The fraction of sp³-hybridized carbons (Fsp3) is 0.105. The molecule has 0 bridgehead atoms. The first-order valence-corrected chi connectivity index (χ1v) is 11.6. The first-order valence-electron chi connectivity index (χ1n) is 8.43. The molecule has 1 aliphatic rings. The van der Waals surface area contributed by atoms with Gasteiger partial charge in [-0.2, -0.15) is 8.42 Å². The van der Waals surface area contributed by atoms with Gasteiger partial charge in [0.1, 0.15) is 4.21 Å². The zero-order chi connectivity index (χ0) is 19.7. The van der Waals surface area contributed by atoms with Gasteiger partial charge in [-0.15, -0.1) is 15.7 Å². The summed E-state index contributed by atoms with van der Waals surface area (Å²) in [6.07, 6.45) is 1.67. The number of rotatable bonds is 4. The van der Waals surface area contributed by atoms with E-state index in [9.17, 15) is 13.2 Å². The Morgan fingerprint density at radius 2 is 1.96 bits per heavy atom. The van der Waals surface area contributed by atoms with Gasteiger partial charge in [-0.1, -0.05) is 30.3 Å². The third kappa shape index (κ3) is 3.60. The van der Waals surface area contributed by atoms with E-state index >= 15 is 0 Å². The molecule has 1 saturated heterocycles. The number of amides is 1. The third-order valence-electron chi connectivity index (χ3n) is 4.05. The summed E-state index contributed by atoms with van der Waals surface area (Å²) < 4.78 is 29.0. The molecule has 4 rings (SSSR count). The number of likely N-dealkylation sites (N-methyl/N-ethyl adjacent to an activating group) is 1. The van der Waals surface area contributed by atoms with Crippen LogP contribution in [0.4, 0.5) is 0 Å². The number of para-hydroxylation sites is 1. The van der Waals surface area contributed by atoms with Crippen LogP contribution in [0.15, 0.2) is 67.4 Å². The van der Waals surface area contributed by atoms with Crippen LogP contribution in [0.5, 0.6) is 0 Å². The van der Waals surface area contributed by atoms with Gasteiger partial charge in [0.2, 0.25) is 0 Å². The molecule has 1 aromatic carbocycles. The normalized spacial score (nSPS) is 17.9. The topological polar surface area (TPSA) is 79.7 Å². The summed E-state index contributed by atoms with van der Waals surface area (Å²) in [5, 5.41) is 2.84. The first kappa shape index (κ1) is 18.9. The Labute approximate surface area is 170 Å². The van der Waals surface area contributed by atoms with Gasteiger partial charge in [-0.3, -0.25) is 9.69 Å². The minimum atomic E-state index is -3.84. The molecular formula is C19H15N3O3S3. The monoisotopic (exact) mass is 429 g/mol. The number of carbonyl (C=O) groups excluding carboxylic acids is 1. The highest BCUT2D eigenvalue weighted by atomic mass is 32.2. The minimum Gasteiger partial charge on any atom is -0.286 e. The predicted octanol–water partition coefficient (Wildman–Crippen LogP) is 3.98. The van der Waals surface area contributed by atoms with Gasteiger partial charge in [-0.25, -0.2) is 4.98 Å². The number of hydrogen-bond acceptors (Lipinski definition) is 6. The summed E-state index contributed by atoms with van der Waals surface area (Å²) in [4.78, 5) is 19.0. The Bertz CT molecular complexity index is 1220. The van der Waals surface area contributed by atoms with E-state index in [-0.39, 0.29) is 15.3 Å². The van der Waals surface area contributed by atoms with E-state index in [4.69, 9.17) is 0 Å². The molecule has 28 heavy (non-hydrogen) atoms. The Morgan fingerprint density at radius 1 is 1.14 bits per heavy atom. The molecule has 0 saturated carbocycles. The Hall–Kier alpha value is -2.49. The smallest absolute Gasteiger partial charge is 0.286 e. The van der Waals surface area contributed by atoms with Crippen LogP contribution in [-0.2, 0) is 14.8 Å². The number of carbonyl (C=O) groups is 1. The Morgan fingerprint density at radius 3 is 2.71 bits per heavy atom. The lowest BCUT2D eigenvalue weighted by Crippen LogP contribution is -2.29. The van der Waals surface area contributed by atoms with Crippen molar-refractivity contribution in [3.05, 3.63) is 64.5 Å². The molecular weight excluding hydrogens is 414 g/mol. The van der Waals surface area contributed by atoms with Crippen LogP contribution in [-0.4, -0.2) is 35.9 Å². The molecule has 9 heteroatoms. The number of aromatic nitrogens is 1. The van der Waals surface area contributed by atoms with Gasteiger partial charge in [-0.05, 0) is 48.3 Å². The SMILES string of the molecule is CCN1C(=O)/C(=C/c2ccc3ccccc3n2)S/C1=N\S(=O)(=O)c1cccs1. The van der Waals surface area contributed by atoms with Crippen molar-refractivity contribution in [1.29, 1.82) is 0 Å². The average Bonchev–Trinajstić information content (AvgIpc) is 3.31. The van der Waals surface area contributed by atoms with Crippen molar-refractivity contribution in [3.63, 3.8) is 0 Å². The van der Waals surface area contributed by atoms with Gasteiger partial charge >= 0.3 is 0 Å². The summed E-state index contributed by atoms with van der Waals surface area (Å²) in [6, 6.07) is 14.6. The van der Waals surface area contributed by atoms with Crippen LogP contribution in [0.3, 0.4) is 0 Å². The van der Waals surface area contributed by atoms with Crippen LogP contribution in [0, 0.1) is 0 Å². The predicted molar refractivity (Wildman–Crippen MR) is 114 cm³/mol. The lowest BCUT2D eigenvalue weighted by molar-refractivity contribution is -0.122. The average molecular weight is 430 g/mol. The molecule has 6 nitrogen and oxygen atoms in total. The van der Waals surface area contributed by atoms with E-state index in [2.05, 4.69) is 9.38 Å². The second-order valence-electron chi connectivity index (χ2n) is 5.87. The van der Waals surface area contributed by atoms with Crippen molar-refractivity contribution in [2.75, 3.05) is 6.54 Å². The van der Waals surface area contributed by atoms with Crippen molar-refractivity contribution < 1.29 is 13.2 Å². The minimum absolute atomic E-state index is 0.151. The molecule has 1 amide bonds. The van der Waals surface area contributed by atoms with Gasteiger partial charge in [0.25, 0.3) is 15.9 Å². The second-order valence-corrected chi connectivity index (χ2v) is 9.66. The van der Waals surface area contributed by atoms with Crippen LogP contribution < -0.4 is 0 Å². The van der Waals surface area contributed by atoms with Crippen molar-refractivity contribution in [3.8, 4) is 0 Å². The number of pyridine rings is 1. The molecule has 142 valence electrons. The number of amidine groups is 1. The van der Waals surface area contributed by atoms with Crippen LogP contribution in [0.2, 0.25) is 0 Å². The van der Waals surface area contributed by atoms with Crippen molar-refractivity contribution in [2.45, 2.75) is 11.1 Å². The maximum absolute atomic E-state index is 12.7. The summed E-state index contributed by atoms with van der Waals surface area (Å²) in [5.74, 6) is -0.275. The van der Waals surface area contributed by atoms with Crippen molar-refractivity contribution in [1.82, 2.24) is 9.88 Å². The number of hydrogen-bond donors (Lipinski definition) is 0. The number of fused-ring (bicyclic) bond motifs is 1. The Kier molecular flexibility index (Phi) is 5.05. The van der Waals surface area contributed by atoms with E-state index in [0.717, 1.165) is 34.0 Å². The summed E-state index contributed by atoms with van der Waals surface area (Å²) >= 11 is 2.14. The highest BCUT2D eigenvalue weighted by molar-refractivity contribution is 8.19. The highest BCUT2D eigenvalue weighted by Gasteiger charge is 2.34. The number of thiophene rings is 1. The molecule has 0 atom stereocenters. The van der Waals surface area contributed by atoms with E-state index in [1.807, 2.05) is 36.4 Å². The maximum atomic E-state index is 12.7. The van der Waals surface area contributed by atoms with E-state index in [0.29, 0.717) is 17.1 Å². The second kappa shape index (κ2) is 7.50. The van der Waals surface area contributed by atoms with Gasteiger partial charge in [0.15, 0.2) is 5.17 Å². The van der Waals surface area contributed by atoms with Crippen LogP contribution in [0.25, 0.3) is 17.0 Å². The molecule has 0 unspecified atom stereocenters. The van der Waals surface area contributed by atoms with Gasteiger partial charge in [0.05, 0.1) is 16.1 Å². The molecule has 3 aromatic rings. The first-order chi connectivity index (χ1) is 13.5. The van der Waals surface area contributed by atoms with E-state index in [1.54, 1.807) is 24.4 Å². The highest BCUT2D eigenvalue weighted by Crippen LogP contribution is 2.34. The van der Waals surface area contributed by atoms with E-state index in [1.165, 1.54) is 11.0 Å². The largest absolute Gasteiger partial charge is 0.294 e. The molecule has 0 radical (unpaired) electrons. The van der Waals surface area contributed by atoms with Crippen molar-refractivity contribution >= 4 is 61.2 Å². The molecule has 1 fully saturated rings. The Balaban J connectivity index is 1.70. The lowest BCUT2D eigenvalue weighted by Gasteiger charge is -2.11. The zero-order valence-electron chi connectivity index (χ0n) is 14.8. The number of thioether (sulfide) groups is 1. The van der Waals surface area contributed by atoms with Gasteiger partial charge in [0, 0.05) is 11.9 Å². The molecule has 0 spiro atoms. The molecule has 0 N–H and O–H groups in total. The lowest BCUT2D eigenvalue weighted by atomic mass is 10.2. The summed E-state index contributed by atoms with van der Waals surface area (Å²) in [7, 11) is -3.84. The maximum Gasteiger partial charge on any atom is 0.294 e. The van der Waals surface area contributed by atoms with E-state index < -0.39 is 10.0 Å². The molecule has 0 aliphatic carbocycles. The number of nitrogens with zero attached hydrogens (tertiary/aromatic N) is 3. The van der Waals surface area contributed by atoms with Crippen LogP contribution in [0.1, 0.15) is 12.6 Å². The molecule has 2 aromatic heterocycles. The quantitative estimate of drug-likeness (QED) is 0.586. The zero-order valence-corrected chi connectivity index (χ0v) is 17.2. The number of sulfonamides is 1.